The van der Waals surface area contributed by atoms with Gasteiger partial charge in [-0.3, -0.25) is 43.3 Å². The number of nitrogens with two attached hydrogens (primary N) is 4. The van der Waals surface area contributed by atoms with Crippen LogP contribution in [-0.4, -0.2) is 151 Å². The minimum Gasteiger partial charge on any atom is -0.508 e. The normalized spacial score (nSPS) is 22.8. The molecule has 8 amide bonds. The van der Waals surface area contributed by atoms with Crippen LogP contribution in [0.2, 0.25) is 0 Å². The number of benzene rings is 3. The Morgan fingerprint density at radius 2 is 1.37 bits per heavy atom. The lowest BCUT2D eigenvalue weighted by Gasteiger charge is -2.36. The SMILES string of the molecule is C[C@H](c1ccccc1)C(N)C(=O)N[C@H]1CSSC(C)(C)[C@H](C(=O)N[C@H](C(N)=O)[C@@H](C)O)NC(=O)[C@@H]([C@@H](C)O)NC(=O)[C@H](CCCN=C(N)N)NC(=O)[C@H](Cc2c[nH]c3ccccc23)NC(=O)[C@H](Cc2ccc(O)cc2)NC1=O. The third-order valence-electron chi connectivity index (χ3n) is 13.0. The number of aromatic amines is 1. The molecule has 1 aliphatic heterocycles. The van der Waals surface area contributed by atoms with E-state index in [2.05, 4.69) is 47.2 Å². The van der Waals surface area contributed by atoms with Gasteiger partial charge in [0.25, 0.3) is 0 Å². The number of para-hydroxylation sites is 1. The van der Waals surface area contributed by atoms with E-state index in [0.29, 0.717) is 22.0 Å². The number of aliphatic imine (C=N–C) groups is 1. The number of phenols is 1. The molecule has 0 spiro atoms. The molecule has 3 aromatic carbocycles. The van der Waals surface area contributed by atoms with Gasteiger partial charge in [0, 0.05) is 52.9 Å². The van der Waals surface area contributed by atoms with Crippen LogP contribution in [0.25, 0.3) is 10.9 Å². The Balaban J connectivity index is 1.65. The molecule has 1 unspecified atom stereocenters. The number of H-pyrrole nitrogens is 1. The Morgan fingerprint density at radius 3 is 2.00 bits per heavy atom. The first-order valence-corrected chi connectivity index (χ1v) is 27.5. The van der Waals surface area contributed by atoms with Gasteiger partial charge in [0.15, 0.2) is 5.96 Å². The highest BCUT2D eigenvalue weighted by atomic mass is 33.1. The Kier molecular flexibility index (Phi) is 22.3. The molecule has 2 heterocycles. The summed E-state index contributed by atoms with van der Waals surface area (Å²) in [6.45, 7) is 7.19. The van der Waals surface area contributed by atoms with Crippen LogP contribution in [0.15, 0.2) is 90.1 Å². The number of fused-ring (bicyclic) bond motifs is 1. The molecule has 0 saturated carbocycles. The lowest BCUT2D eigenvalue weighted by Crippen LogP contribution is -2.65. The molecule has 19 N–H and O–H groups in total. The number of nitrogens with one attached hydrogen (secondary N) is 8. The van der Waals surface area contributed by atoms with Gasteiger partial charge in [0.05, 0.1) is 18.2 Å². The first-order chi connectivity index (χ1) is 36.9. The maximum Gasteiger partial charge on any atom is 0.245 e. The zero-order valence-corrected chi connectivity index (χ0v) is 45.5. The van der Waals surface area contributed by atoms with Gasteiger partial charge in [-0.2, -0.15) is 0 Å². The zero-order chi connectivity index (χ0) is 57.4. The summed E-state index contributed by atoms with van der Waals surface area (Å²) in [6.07, 6.45) is -1.93. The molecule has 4 aromatic rings. The summed E-state index contributed by atoms with van der Waals surface area (Å²) in [5, 5.41) is 50.8. The molecule has 24 nitrogen and oxygen atoms in total. The second-order valence-corrected chi connectivity index (χ2v) is 22.6. The summed E-state index contributed by atoms with van der Waals surface area (Å²) in [4.78, 5) is 121. The van der Waals surface area contributed by atoms with E-state index in [4.69, 9.17) is 22.9 Å². The molecule has 1 aromatic heterocycles. The van der Waals surface area contributed by atoms with Crippen molar-refractivity contribution in [3.05, 3.63) is 102 Å². The van der Waals surface area contributed by atoms with Crippen molar-refractivity contribution in [3.63, 3.8) is 0 Å². The van der Waals surface area contributed by atoms with Crippen molar-refractivity contribution in [2.45, 2.75) is 132 Å². The highest BCUT2D eigenvalue weighted by molar-refractivity contribution is 8.77. The predicted octanol–water partition coefficient (Wildman–Crippen LogP) is -1.34. The maximum absolute atomic E-state index is 14.9. The number of rotatable bonds is 17. The standard InChI is InChI=1S/C52H71N13O11S2/c1-26(30-12-7-6-8-13-30)39(53)48(74)62-38-25-77-78-52(4,5)42(50(76)63-40(27(2)66)43(54)69)65-49(75)41(28(3)67)64-44(70)35(16-11-21-57-51(55)56)59-46(72)37(23-31-24-58-34-15-10-9-14-33(31)34)61-45(71)36(60-47(38)73)22-29-17-19-32(68)20-18-29/h6-10,12-15,17-20,24,26-28,35-42,58,66-68H,11,16,21-23,25,53H2,1-5H3,(H2,54,69)(H,59,72)(H,60,73)(H,61,71)(H,62,74)(H,63,76)(H,64,70)(H,65,75)(H4,55,56,57)/t26-,27-,28-,35+,36+,37+,38+,39?,40+,41-,42+/m1/s1. The number of aromatic hydroxyl groups is 1. The maximum atomic E-state index is 14.9. The lowest BCUT2D eigenvalue weighted by atomic mass is 9.93. The molecule has 11 atom stereocenters. The van der Waals surface area contributed by atoms with E-state index in [1.807, 2.05) is 6.07 Å². The van der Waals surface area contributed by atoms with Gasteiger partial charge in [-0.1, -0.05) is 89.2 Å². The largest absolute Gasteiger partial charge is 0.508 e. The number of amides is 8. The monoisotopic (exact) mass is 1120 g/mol. The molecular weight excluding hydrogens is 1050 g/mol. The number of primary amides is 1. The number of hydrogen-bond acceptors (Lipinski definition) is 15. The molecule has 0 bridgehead atoms. The fourth-order valence-corrected chi connectivity index (χ4v) is 11.3. The molecule has 0 radical (unpaired) electrons. The molecule has 5 rings (SSSR count). The Morgan fingerprint density at radius 1 is 0.769 bits per heavy atom. The van der Waals surface area contributed by atoms with Crippen LogP contribution in [0.1, 0.15) is 70.1 Å². The highest BCUT2D eigenvalue weighted by Gasteiger charge is 2.43. The summed E-state index contributed by atoms with van der Waals surface area (Å²) in [5.41, 5.74) is 25.7. The van der Waals surface area contributed by atoms with Crippen molar-refractivity contribution in [2.75, 3.05) is 12.3 Å². The van der Waals surface area contributed by atoms with Crippen molar-refractivity contribution in [2.24, 2.45) is 27.9 Å². The summed E-state index contributed by atoms with van der Waals surface area (Å²) in [5.74, 6) is -8.71. The quantitative estimate of drug-likeness (QED) is 0.0252. The minimum absolute atomic E-state index is 0.00378. The number of aromatic nitrogens is 1. The number of aliphatic hydroxyl groups is 2. The average Bonchev–Trinajstić information content (AvgIpc) is 3.82. The summed E-state index contributed by atoms with van der Waals surface area (Å²) in [7, 11) is 1.92. The number of hydrogen-bond donors (Lipinski definition) is 15. The zero-order valence-electron chi connectivity index (χ0n) is 43.9. The molecule has 26 heteroatoms. The molecule has 78 heavy (non-hydrogen) atoms. The van der Waals surface area contributed by atoms with E-state index in [0.717, 1.165) is 27.2 Å². The van der Waals surface area contributed by atoms with Crippen LogP contribution in [-0.2, 0) is 51.2 Å². The number of guanidine groups is 1. The van der Waals surface area contributed by atoms with E-state index in [1.54, 1.807) is 61.7 Å². The number of phenolic OH excluding ortho intramolecular Hbond substituents is 1. The van der Waals surface area contributed by atoms with Gasteiger partial charge in [-0.15, -0.1) is 0 Å². The molecule has 1 fully saturated rings. The van der Waals surface area contributed by atoms with Crippen molar-refractivity contribution in [1.29, 1.82) is 0 Å². The van der Waals surface area contributed by atoms with E-state index in [9.17, 15) is 53.7 Å². The van der Waals surface area contributed by atoms with Crippen LogP contribution < -0.4 is 60.2 Å². The van der Waals surface area contributed by atoms with Crippen molar-refractivity contribution < 1.29 is 53.7 Å². The smallest absolute Gasteiger partial charge is 0.245 e. The number of carbonyl (C=O) groups excluding carboxylic acids is 8. The van der Waals surface area contributed by atoms with Crippen LogP contribution in [0.5, 0.6) is 5.75 Å². The van der Waals surface area contributed by atoms with Gasteiger partial charge in [-0.25, -0.2) is 0 Å². The van der Waals surface area contributed by atoms with E-state index in [-0.39, 0.29) is 49.7 Å². The first-order valence-electron chi connectivity index (χ1n) is 25.1. The van der Waals surface area contributed by atoms with Crippen LogP contribution >= 0.6 is 21.6 Å². The average molecular weight is 1120 g/mol. The second kappa shape index (κ2) is 28.3. The molecule has 1 saturated heterocycles. The Labute approximate surface area is 459 Å². The van der Waals surface area contributed by atoms with Crippen molar-refractivity contribution in [1.82, 2.24) is 42.2 Å². The third kappa shape index (κ3) is 17.3. The number of aliphatic hydroxyl groups excluding tert-OH is 2. The van der Waals surface area contributed by atoms with E-state index in [1.165, 1.54) is 52.0 Å². The number of nitrogens with zero attached hydrogens (tertiary/aromatic N) is 1. The fourth-order valence-electron chi connectivity index (χ4n) is 8.45. The molecule has 1 aliphatic rings. The van der Waals surface area contributed by atoms with E-state index >= 15 is 0 Å². The predicted molar refractivity (Wildman–Crippen MR) is 297 cm³/mol. The van der Waals surface area contributed by atoms with Crippen molar-refractivity contribution >= 4 is 85.7 Å². The summed E-state index contributed by atoms with van der Waals surface area (Å²) >= 11 is 0. The van der Waals surface area contributed by atoms with E-state index < -0.39 is 118 Å². The Bertz CT molecular complexity index is 2780. The summed E-state index contributed by atoms with van der Waals surface area (Å²) in [6, 6.07) is 9.79. The van der Waals surface area contributed by atoms with Gasteiger partial charge < -0.3 is 80.5 Å². The number of carbonyl (C=O) groups is 8. The molecule has 422 valence electrons. The van der Waals surface area contributed by atoms with Crippen LogP contribution in [0, 0.1) is 0 Å². The van der Waals surface area contributed by atoms with Crippen LogP contribution in [0.4, 0.5) is 0 Å². The minimum atomic E-state index is -1.80. The van der Waals surface area contributed by atoms with Gasteiger partial charge in [0.1, 0.15) is 48.0 Å². The highest BCUT2D eigenvalue weighted by Crippen LogP contribution is 2.39. The first kappa shape index (κ1) is 61.5. The topological polar surface area (TPSA) is 414 Å². The second-order valence-electron chi connectivity index (χ2n) is 19.6. The molecule has 0 aliphatic carbocycles. The Hall–Kier alpha value is -7.39. The lowest BCUT2D eigenvalue weighted by molar-refractivity contribution is -0.137. The third-order valence-corrected chi connectivity index (χ3v) is 16.3. The van der Waals surface area contributed by atoms with Gasteiger partial charge in [-0.05, 0) is 75.4 Å². The van der Waals surface area contributed by atoms with Crippen molar-refractivity contribution in [3.8, 4) is 5.75 Å². The van der Waals surface area contributed by atoms with Crippen LogP contribution in [0.3, 0.4) is 0 Å². The van der Waals surface area contributed by atoms with Gasteiger partial charge >= 0.3 is 0 Å². The molecular formula is C52H71N13O11S2. The van der Waals surface area contributed by atoms with Gasteiger partial charge in [0.2, 0.25) is 47.3 Å². The summed E-state index contributed by atoms with van der Waals surface area (Å²) < 4.78 is -1.45. The fraction of sp³-hybridized carbons (Fsp3) is 0.442.